The van der Waals surface area contributed by atoms with Crippen molar-refractivity contribution in [3.05, 3.63) is 0 Å². The number of carbonyl (C=O) groups is 1. The lowest BCUT2D eigenvalue weighted by atomic mass is 9.95. The summed E-state index contributed by atoms with van der Waals surface area (Å²) in [6.07, 6.45) is 5.63. The molecule has 0 aromatic carbocycles. The molecule has 0 bridgehead atoms. The van der Waals surface area contributed by atoms with E-state index in [4.69, 9.17) is 4.74 Å². The van der Waals surface area contributed by atoms with E-state index >= 15 is 0 Å². The Bertz CT molecular complexity index is 238. The van der Waals surface area contributed by atoms with Gasteiger partial charge in [0.2, 0.25) is 5.91 Å². The summed E-state index contributed by atoms with van der Waals surface area (Å²) in [5.41, 5.74) is 0. The summed E-state index contributed by atoms with van der Waals surface area (Å²) in [4.78, 5) is 11.8. The van der Waals surface area contributed by atoms with Crippen molar-refractivity contribution in [2.45, 2.75) is 51.2 Å². The molecular weight excluding hydrogens is 190 g/mol. The van der Waals surface area contributed by atoms with Gasteiger partial charge in [0.1, 0.15) is 6.10 Å². The van der Waals surface area contributed by atoms with E-state index in [-0.39, 0.29) is 12.0 Å². The van der Waals surface area contributed by atoms with Crippen molar-refractivity contribution in [3.63, 3.8) is 0 Å². The van der Waals surface area contributed by atoms with Crippen LogP contribution in [0.2, 0.25) is 0 Å². The molecule has 3 heteroatoms. The van der Waals surface area contributed by atoms with E-state index in [1.807, 2.05) is 6.92 Å². The first kappa shape index (κ1) is 10.9. The third kappa shape index (κ3) is 2.33. The number of hydrogen-bond acceptors (Lipinski definition) is 2. The number of amides is 1. The molecule has 2 fully saturated rings. The number of ether oxygens (including phenoxy) is 1. The zero-order chi connectivity index (χ0) is 10.8. The molecule has 2 unspecified atom stereocenters. The molecule has 0 radical (unpaired) electrons. The summed E-state index contributed by atoms with van der Waals surface area (Å²) < 4.78 is 5.14. The summed E-state index contributed by atoms with van der Waals surface area (Å²) in [5.74, 6) is 1.77. The van der Waals surface area contributed by atoms with Gasteiger partial charge < -0.3 is 10.1 Å². The number of nitrogens with one attached hydrogen (secondary N) is 1. The van der Waals surface area contributed by atoms with Crippen molar-refractivity contribution in [3.8, 4) is 0 Å². The van der Waals surface area contributed by atoms with E-state index in [0.717, 1.165) is 24.7 Å². The standard InChI is InChI=1S/C12H21NO2/c1-3-11(15-2)12(14)13-10-6-4-5-8-7-9(8)10/h8-11H,3-7H2,1-2H3,(H,13,14)/t8-,9+,10?,11?/m0/s1. The van der Waals surface area contributed by atoms with Crippen LogP contribution < -0.4 is 5.32 Å². The fourth-order valence-corrected chi connectivity index (χ4v) is 2.82. The lowest BCUT2D eigenvalue weighted by Crippen LogP contribution is -2.44. The molecule has 1 amide bonds. The van der Waals surface area contributed by atoms with Gasteiger partial charge in [0.15, 0.2) is 0 Å². The van der Waals surface area contributed by atoms with E-state index in [1.165, 1.54) is 19.3 Å². The summed E-state index contributed by atoms with van der Waals surface area (Å²) in [7, 11) is 1.61. The van der Waals surface area contributed by atoms with Crippen molar-refractivity contribution >= 4 is 5.91 Å². The second kappa shape index (κ2) is 4.52. The Hall–Kier alpha value is -0.570. The Morgan fingerprint density at radius 2 is 2.33 bits per heavy atom. The van der Waals surface area contributed by atoms with Crippen LogP contribution in [0.3, 0.4) is 0 Å². The Labute approximate surface area is 91.6 Å². The molecule has 0 spiro atoms. The van der Waals surface area contributed by atoms with Gasteiger partial charge in [-0.15, -0.1) is 0 Å². The third-order valence-corrected chi connectivity index (χ3v) is 3.86. The maximum atomic E-state index is 11.8. The Morgan fingerprint density at radius 3 is 3.00 bits per heavy atom. The summed E-state index contributed by atoms with van der Waals surface area (Å²) in [6.45, 7) is 1.98. The monoisotopic (exact) mass is 211 g/mol. The van der Waals surface area contributed by atoms with Crippen molar-refractivity contribution in [1.82, 2.24) is 5.32 Å². The normalized spacial score (nSPS) is 35.5. The largest absolute Gasteiger partial charge is 0.372 e. The maximum Gasteiger partial charge on any atom is 0.249 e. The minimum Gasteiger partial charge on any atom is -0.372 e. The van der Waals surface area contributed by atoms with Gasteiger partial charge >= 0.3 is 0 Å². The van der Waals surface area contributed by atoms with E-state index < -0.39 is 0 Å². The molecule has 0 saturated heterocycles. The molecule has 86 valence electrons. The van der Waals surface area contributed by atoms with Crippen LogP contribution in [0.15, 0.2) is 0 Å². The maximum absolute atomic E-state index is 11.8. The SMILES string of the molecule is CCC(OC)C(=O)NC1CCC[C@H]2C[C@@H]12. The first-order valence-corrected chi connectivity index (χ1v) is 6.09. The fourth-order valence-electron chi connectivity index (χ4n) is 2.82. The van der Waals surface area contributed by atoms with Crippen LogP contribution in [-0.4, -0.2) is 25.2 Å². The topological polar surface area (TPSA) is 38.3 Å². The van der Waals surface area contributed by atoms with Crippen LogP contribution >= 0.6 is 0 Å². The second-order valence-corrected chi connectivity index (χ2v) is 4.84. The van der Waals surface area contributed by atoms with Crippen LogP contribution in [0, 0.1) is 11.8 Å². The molecule has 15 heavy (non-hydrogen) atoms. The first-order valence-electron chi connectivity index (χ1n) is 6.09. The van der Waals surface area contributed by atoms with Gasteiger partial charge in [-0.25, -0.2) is 0 Å². The van der Waals surface area contributed by atoms with Gasteiger partial charge in [0.25, 0.3) is 0 Å². The highest BCUT2D eigenvalue weighted by Crippen LogP contribution is 2.49. The zero-order valence-corrected chi connectivity index (χ0v) is 9.66. The van der Waals surface area contributed by atoms with Crippen molar-refractivity contribution in [2.75, 3.05) is 7.11 Å². The summed E-state index contributed by atoms with van der Waals surface area (Å²) in [5, 5.41) is 3.15. The van der Waals surface area contributed by atoms with Crippen LogP contribution in [0.25, 0.3) is 0 Å². The molecule has 0 heterocycles. The fraction of sp³-hybridized carbons (Fsp3) is 0.917. The number of rotatable bonds is 4. The van der Waals surface area contributed by atoms with Crippen LogP contribution in [-0.2, 0) is 9.53 Å². The zero-order valence-electron chi connectivity index (χ0n) is 9.66. The predicted molar refractivity (Wildman–Crippen MR) is 58.5 cm³/mol. The predicted octanol–water partition coefficient (Wildman–Crippen LogP) is 1.72. The van der Waals surface area contributed by atoms with Gasteiger partial charge in [-0.1, -0.05) is 19.8 Å². The summed E-state index contributed by atoms with van der Waals surface area (Å²) in [6, 6.07) is 0.431. The van der Waals surface area contributed by atoms with E-state index in [0.29, 0.717) is 6.04 Å². The molecule has 2 aliphatic carbocycles. The molecule has 0 aliphatic heterocycles. The number of hydrogen-bond donors (Lipinski definition) is 1. The number of methoxy groups -OCH3 is 1. The van der Waals surface area contributed by atoms with Crippen molar-refractivity contribution in [2.24, 2.45) is 11.8 Å². The third-order valence-electron chi connectivity index (χ3n) is 3.86. The minimum absolute atomic E-state index is 0.0811. The minimum atomic E-state index is -0.260. The lowest BCUT2D eigenvalue weighted by Gasteiger charge is -2.24. The van der Waals surface area contributed by atoms with Gasteiger partial charge in [-0.05, 0) is 31.1 Å². The van der Waals surface area contributed by atoms with Gasteiger partial charge in [0, 0.05) is 13.2 Å². The van der Waals surface area contributed by atoms with Gasteiger partial charge in [-0.2, -0.15) is 0 Å². The molecule has 3 nitrogen and oxygen atoms in total. The van der Waals surface area contributed by atoms with E-state index in [1.54, 1.807) is 7.11 Å². The average Bonchev–Trinajstić information content (AvgIpc) is 2.99. The second-order valence-electron chi connectivity index (χ2n) is 4.84. The number of carbonyl (C=O) groups excluding carboxylic acids is 1. The van der Waals surface area contributed by atoms with Gasteiger partial charge in [0.05, 0.1) is 0 Å². The quantitative estimate of drug-likeness (QED) is 0.769. The summed E-state index contributed by atoms with van der Waals surface area (Å²) >= 11 is 0. The van der Waals surface area contributed by atoms with Crippen LogP contribution in [0.1, 0.15) is 39.0 Å². The Kier molecular flexibility index (Phi) is 3.29. The molecule has 4 atom stereocenters. The highest BCUT2D eigenvalue weighted by Gasteiger charge is 2.45. The van der Waals surface area contributed by atoms with Gasteiger partial charge in [-0.3, -0.25) is 4.79 Å². The molecule has 2 saturated carbocycles. The van der Waals surface area contributed by atoms with Crippen LogP contribution in [0.5, 0.6) is 0 Å². The van der Waals surface area contributed by atoms with Crippen molar-refractivity contribution in [1.29, 1.82) is 0 Å². The van der Waals surface area contributed by atoms with E-state index in [2.05, 4.69) is 5.32 Å². The lowest BCUT2D eigenvalue weighted by molar-refractivity contribution is -0.132. The molecule has 2 rings (SSSR count). The first-order chi connectivity index (χ1) is 7.26. The van der Waals surface area contributed by atoms with E-state index in [9.17, 15) is 4.79 Å². The molecular formula is C12H21NO2. The smallest absolute Gasteiger partial charge is 0.249 e. The average molecular weight is 211 g/mol. The molecule has 0 aromatic rings. The number of fused-ring (bicyclic) bond motifs is 1. The Balaban J connectivity index is 1.82. The Morgan fingerprint density at radius 1 is 1.53 bits per heavy atom. The molecule has 1 N–H and O–H groups in total. The van der Waals surface area contributed by atoms with Crippen LogP contribution in [0.4, 0.5) is 0 Å². The van der Waals surface area contributed by atoms with Crippen molar-refractivity contribution < 1.29 is 9.53 Å². The molecule has 2 aliphatic rings. The highest BCUT2D eigenvalue weighted by molar-refractivity contribution is 5.81. The highest BCUT2D eigenvalue weighted by atomic mass is 16.5. The molecule has 0 aromatic heterocycles.